The maximum Gasteiger partial charge on any atom is 0.294 e. The molecule has 0 bridgehead atoms. The van der Waals surface area contributed by atoms with Crippen LogP contribution in [-0.2, 0) is 9.53 Å². The molecule has 3 nitrogen and oxygen atoms in total. The highest BCUT2D eigenvalue weighted by atomic mass is 16.5. The quantitative estimate of drug-likeness (QED) is 0.598. The van der Waals surface area contributed by atoms with E-state index in [1.807, 2.05) is 0 Å². The third kappa shape index (κ3) is 1.97. The molecule has 0 aromatic heterocycles. The summed E-state index contributed by atoms with van der Waals surface area (Å²) in [6.07, 6.45) is 0.981. The molecule has 0 aromatic carbocycles. The van der Waals surface area contributed by atoms with E-state index in [1.165, 1.54) is 0 Å². The Morgan fingerprint density at radius 2 is 2.25 bits per heavy atom. The number of ether oxygens (including phenoxy) is 1. The van der Waals surface area contributed by atoms with Crippen LogP contribution in [0.5, 0.6) is 0 Å². The lowest BCUT2D eigenvalue weighted by Crippen LogP contribution is -2.37. The second-order valence-corrected chi connectivity index (χ2v) is 3.82. The number of nitrogens with zero attached hydrogens (tertiary/aromatic N) is 1. The van der Waals surface area contributed by atoms with Crippen molar-refractivity contribution in [3.63, 3.8) is 0 Å². The van der Waals surface area contributed by atoms with Crippen LogP contribution in [0.15, 0.2) is 0 Å². The molecule has 0 radical (unpaired) electrons. The van der Waals surface area contributed by atoms with Crippen molar-refractivity contribution in [3.05, 3.63) is 0 Å². The molecule has 2 atom stereocenters. The standard InChI is InChI=1S/C9H17NO2/c1-7(2)10-5-8(3)4-9(10)12-6-11/h6-9H,4-5H2,1-3H3/t8-,9-/m1/s1. The Labute approximate surface area is 73.7 Å². The summed E-state index contributed by atoms with van der Waals surface area (Å²) in [6.45, 7) is 8.02. The number of likely N-dealkylation sites (tertiary alicyclic amines) is 1. The molecule has 12 heavy (non-hydrogen) atoms. The van der Waals surface area contributed by atoms with E-state index in [1.54, 1.807) is 0 Å². The van der Waals surface area contributed by atoms with Crippen molar-refractivity contribution >= 4 is 6.47 Å². The molecule has 1 rings (SSSR count). The van der Waals surface area contributed by atoms with Crippen molar-refractivity contribution in [2.45, 2.75) is 39.5 Å². The van der Waals surface area contributed by atoms with E-state index in [9.17, 15) is 4.79 Å². The first kappa shape index (κ1) is 9.52. The molecule has 0 unspecified atom stereocenters. The van der Waals surface area contributed by atoms with Gasteiger partial charge in [0.05, 0.1) is 0 Å². The molecule has 1 fully saturated rings. The molecule has 0 amide bonds. The molecule has 0 saturated carbocycles. The first-order valence-corrected chi connectivity index (χ1v) is 4.50. The average molecular weight is 171 g/mol. The van der Waals surface area contributed by atoms with Crippen molar-refractivity contribution in [2.24, 2.45) is 5.92 Å². The maximum absolute atomic E-state index is 10.2. The van der Waals surface area contributed by atoms with Gasteiger partial charge in [-0.3, -0.25) is 9.69 Å². The van der Waals surface area contributed by atoms with Crippen molar-refractivity contribution in [1.82, 2.24) is 4.90 Å². The fraction of sp³-hybridized carbons (Fsp3) is 0.889. The SMILES string of the molecule is CC(C)N1C[C@H](C)C[C@H]1OC=O. The fourth-order valence-corrected chi connectivity index (χ4v) is 1.77. The zero-order valence-electron chi connectivity index (χ0n) is 7.99. The number of hydrogen-bond donors (Lipinski definition) is 0. The third-order valence-corrected chi connectivity index (χ3v) is 2.37. The molecule has 1 saturated heterocycles. The minimum Gasteiger partial charge on any atom is -0.449 e. The highest BCUT2D eigenvalue weighted by molar-refractivity contribution is 5.37. The molecular weight excluding hydrogens is 154 g/mol. The van der Waals surface area contributed by atoms with E-state index in [0.29, 0.717) is 18.4 Å². The van der Waals surface area contributed by atoms with Crippen LogP contribution in [0.1, 0.15) is 27.2 Å². The highest BCUT2D eigenvalue weighted by Gasteiger charge is 2.32. The van der Waals surface area contributed by atoms with Crippen LogP contribution in [0.3, 0.4) is 0 Å². The Balaban J connectivity index is 2.52. The number of carbonyl (C=O) groups is 1. The zero-order chi connectivity index (χ0) is 9.14. The van der Waals surface area contributed by atoms with E-state index in [0.717, 1.165) is 13.0 Å². The van der Waals surface area contributed by atoms with Gasteiger partial charge in [0.1, 0.15) is 0 Å². The molecule has 0 aromatic rings. The zero-order valence-corrected chi connectivity index (χ0v) is 7.99. The lowest BCUT2D eigenvalue weighted by atomic mass is 10.1. The van der Waals surface area contributed by atoms with Crippen LogP contribution in [0, 0.1) is 5.92 Å². The summed E-state index contributed by atoms with van der Waals surface area (Å²) >= 11 is 0. The third-order valence-electron chi connectivity index (χ3n) is 2.37. The minimum absolute atomic E-state index is 0.0116. The topological polar surface area (TPSA) is 29.5 Å². The largest absolute Gasteiger partial charge is 0.449 e. The predicted octanol–water partition coefficient (Wildman–Crippen LogP) is 1.24. The minimum atomic E-state index is 0.0116. The Hall–Kier alpha value is -0.570. The number of hydrogen-bond acceptors (Lipinski definition) is 3. The number of carbonyl (C=O) groups excluding carboxylic acids is 1. The van der Waals surface area contributed by atoms with Gasteiger partial charge in [0, 0.05) is 19.0 Å². The van der Waals surface area contributed by atoms with Crippen molar-refractivity contribution in [1.29, 1.82) is 0 Å². The van der Waals surface area contributed by atoms with Gasteiger partial charge >= 0.3 is 0 Å². The summed E-state index contributed by atoms with van der Waals surface area (Å²) < 4.78 is 4.99. The number of rotatable bonds is 3. The van der Waals surface area contributed by atoms with Crippen LogP contribution in [0.4, 0.5) is 0 Å². The smallest absolute Gasteiger partial charge is 0.294 e. The molecule has 70 valence electrons. The molecule has 0 aliphatic carbocycles. The van der Waals surface area contributed by atoms with Gasteiger partial charge in [-0.1, -0.05) is 6.92 Å². The second kappa shape index (κ2) is 3.90. The van der Waals surface area contributed by atoms with Gasteiger partial charge < -0.3 is 4.74 Å². The normalized spacial score (nSPS) is 31.0. The molecule has 0 N–H and O–H groups in total. The van der Waals surface area contributed by atoms with E-state index in [2.05, 4.69) is 25.7 Å². The second-order valence-electron chi connectivity index (χ2n) is 3.82. The average Bonchev–Trinajstić information content (AvgIpc) is 2.32. The summed E-state index contributed by atoms with van der Waals surface area (Å²) in [5.41, 5.74) is 0. The Morgan fingerprint density at radius 3 is 2.75 bits per heavy atom. The fourth-order valence-electron chi connectivity index (χ4n) is 1.77. The van der Waals surface area contributed by atoms with Crippen LogP contribution in [0.2, 0.25) is 0 Å². The van der Waals surface area contributed by atoms with Crippen LogP contribution >= 0.6 is 0 Å². The van der Waals surface area contributed by atoms with Gasteiger partial charge in [-0.25, -0.2) is 0 Å². The molecule has 1 heterocycles. The van der Waals surface area contributed by atoms with Gasteiger partial charge in [-0.2, -0.15) is 0 Å². The van der Waals surface area contributed by atoms with E-state index in [4.69, 9.17) is 4.74 Å². The lowest BCUT2D eigenvalue weighted by Gasteiger charge is -2.26. The first-order valence-electron chi connectivity index (χ1n) is 4.50. The predicted molar refractivity (Wildman–Crippen MR) is 46.6 cm³/mol. The van der Waals surface area contributed by atoms with Crippen molar-refractivity contribution < 1.29 is 9.53 Å². The van der Waals surface area contributed by atoms with Crippen LogP contribution in [-0.4, -0.2) is 30.2 Å². The van der Waals surface area contributed by atoms with Gasteiger partial charge in [-0.05, 0) is 19.8 Å². The summed E-state index contributed by atoms with van der Waals surface area (Å²) in [4.78, 5) is 12.4. The molecule has 0 spiro atoms. The summed E-state index contributed by atoms with van der Waals surface area (Å²) in [5, 5.41) is 0. The van der Waals surface area contributed by atoms with Crippen LogP contribution in [0.25, 0.3) is 0 Å². The highest BCUT2D eigenvalue weighted by Crippen LogP contribution is 2.24. The van der Waals surface area contributed by atoms with Gasteiger partial charge in [0.15, 0.2) is 6.23 Å². The first-order chi connectivity index (χ1) is 5.65. The Morgan fingerprint density at radius 1 is 1.58 bits per heavy atom. The molecule has 1 aliphatic rings. The van der Waals surface area contributed by atoms with Gasteiger partial charge in [0.2, 0.25) is 0 Å². The monoisotopic (exact) mass is 171 g/mol. The summed E-state index contributed by atoms with van der Waals surface area (Å²) in [5.74, 6) is 0.636. The van der Waals surface area contributed by atoms with E-state index < -0.39 is 0 Å². The molecular formula is C9H17NO2. The lowest BCUT2D eigenvalue weighted by molar-refractivity contribution is -0.141. The van der Waals surface area contributed by atoms with Crippen molar-refractivity contribution in [2.75, 3.05) is 6.54 Å². The molecule has 1 aliphatic heterocycles. The molecule has 3 heteroatoms. The Kier molecular flexibility index (Phi) is 3.09. The summed E-state index contributed by atoms with van der Waals surface area (Å²) in [7, 11) is 0. The summed E-state index contributed by atoms with van der Waals surface area (Å²) in [6, 6.07) is 0.458. The van der Waals surface area contributed by atoms with E-state index in [-0.39, 0.29) is 6.23 Å². The van der Waals surface area contributed by atoms with Gasteiger partial charge in [0.25, 0.3) is 6.47 Å². The van der Waals surface area contributed by atoms with Crippen molar-refractivity contribution in [3.8, 4) is 0 Å². The van der Waals surface area contributed by atoms with Crippen LogP contribution < -0.4 is 0 Å². The maximum atomic E-state index is 10.2. The van der Waals surface area contributed by atoms with E-state index >= 15 is 0 Å². The Bertz CT molecular complexity index is 159. The van der Waals surface area contributed by atoms with Gasteiger partial charge in [-0.15, -0.1) is 0 Å².